The molecule has 0 spiro atoms. The number of nitrogens with one attached hydrogen (secondary N) is 1. The third-order valence-electron chi connectivity index (χ3n) is 3.23. The van der Waals surface area contributed by atoms with E-state index < -0.39 is 12.7 Å². The van der Waals surface area contributed by atoms with Gasteiger partial charge in [-0.2, -0.15) is 0 Å². The smallest absolute Gasteiger partial charge is 0.252 e. The van der Waals surface area contributed by atoms with Crippen molar-refractivity contribution in [2.24, 2.45) is 5.73 Å². The lowest BCUT2D eigenvalue weighted by atomic mass is 10.1. The van der Waals surface area contributed by atoms with Gasteiger partial charge in [-0.25, -0.2) is 0 Å². The topological polar surface area (TPSA) is 98.8 Å². The van der Waals surface area contributed by atoms with Crippen molar-refractivity contribution >= 4 is 17.3 Å². The summed E-state index contributed by atoms with van der Waals surface area (Å²) in [5.74, 6) is -0.280. The van der Waals surface area contributed by atoms with Gasteiger partial charge in [-0.15, -0.1) is 0 Å². The molecule has 1 aromatic rings. The number of carbonyl (C=O) groups excluding carboxylic acids is 1. The molecule has 1 atom stereocenters. The molecule has 1 aliphatic heterocycles. The number of anilines is 2. The van der Waals surface area contributed by atoms with Crippen LogP contribution in [0, 0.1) is 0 Å². The van der Waals surface area contributed by atoms with Crippen molar-refractivity contribution in [2.45, 2.75) is 12.5 Å². The quantitative estimate of drug-likeness (QED) is 0.564. The summed E-state index contributed by atoms with van der Waals surface area (Å²) >= 11 is 0. The minimum absolute atomic E-state index is 0.219. The van der Waals surface area contributed by atoms with Crippen LogP contribution in [-0.4, -0.2) is 48.5 Å². The Kier molecular flexibility index (Phi) is 4.36. The largest absolute Gasteiger partial charge is 0.390 e. The summed E-state index contributed by atoms with van der Waals surface area (Å²) in [5, 5.41) is 21.4. The van der Waals surface area contributed by atoms with E-state index in [0.29, 0.717) is 13.1 Å². The fraction of sp³-hybridized carbons (Fsp3) is 0.462. The molecule has 0 aromatic heterocycles. The van der Waals surface area contributed by atoms with E-state index in [1.807, 2.05) is 18.2 Å². The van der Waals surface area contributed by atoms with Crippen molar-refractivity contribution in [3.63, 3.8) is 0 Å². The summed E-state index contributed by atoms with van der Waals surface area (Å²) in [6.45, 7) is 0.747. The van der Waals surface area contributed by atoms with Gasteiger partial charge in [0.25, 0.3) is 5.91 Å². The van der Waals surface area contributed by atoms with E-state index in [0.717, 1.165) is 23.4 Å². The van der Waals surface area contributed by atoms with E-state index in [1.54, 1.807) is 4.90 Å². The van der Waals surface area contributed by atoms with E-state index in [9.17, 15) is 9.90 Å². The van der Waals surface area contributed by atoms with Crippen molar-refractivity contribution in [2.75, 3.05) is 36.5 Å². The van der Waals surface area contributed by atoms with E-state index in [2.05, 4.69) is 5.32 Å². The monoisotopic (exact) mass is 265 g/mol. The van der Waals surface area contributed by atoms with Crippen LogP contribution in [0.5, 0.6) is 0 Å². The van der Waals surface area contributed by atoms with E-state index >= 15 is 0 Å². The van der Waals surface area contributed by atoms with Gasteiger partial charge < -0.3 is 26.2 Å². The second kappa shape index (κ2) is 6.01. The van der Waals surface area contributed by atoms with E-state index in [-0.39, 0.29) is 12.5 Å². The van der Waals surface area contributed by atoms with E-state index in [4.69, 9.17) is 10.8 Å². The molecule has 0 aliphatic carbocycles. The zero-order chi connectivity index (χ0) is 13.8. The number of hydrogen-bond acceptors (Lipinski definition) is 5. The first kappa shape index (κ1) is 13.8. The summed E-state index contributed by atoms with van der Waals surface area (Å²) in [5.41, 5.74) is 8.14. The molecule has 0 unspecified atom stereocenters. The second-order valence-electron chi connectivity index (χ2n) is 4.57. The lowest BCUT2D eigenvalue weighted by molar-refractivity contribution is -0.121. The van der Waals surface area contributed by atoms with Gasteiger partial charge >= 0.3 is 0 Å². The standard InChI is InChI=1S/C13H19N3O3/c14-6-11(18)7-15-10-1-2-12-9(5-10)3-4-16(12)13(19)8-17/h1-2,5,11,15,17-18H,3-4,6-8,14H2/t11-/m0/s1. The number of benzene rings is 1. The maximum atomic E-state index is 11.5. The summed E-state index contributed by atoms with van der Waals surface area (Å²) in [6, 6.07) is 5.67. The average Bonchev–Trinajstić information content (AvgIpc) is 2.86. The molecule has 5 N–H and O–H groups in total. The van der Waals surface area contributed by atoms with Crippen molar-refractivity contribution in [1.29, 1.82) is 0 Å². The Balaban J connectivity index is 2.07. The Labute approximate surface area is 111 Å². The molecule has 1 aromatic carbocycles. The van der Waals surface area contributed by atoms with Gasteiger partial charge in [-0.1, -0.05) is 0 Å². The maximum absolute atomic E-state index is 11.5. The number of nitrogens with zero attached hydrogens (tertiary/aromatic N) is 1. The van der Waals surface area contributed by atoms with Crippen molar-refractivity contribution in [1.82, 2.24) is 0 Å². The maximum Gasteiger partial charge on any atom is 0.252 e. The Morgan fingerprint density at radius 1 is 1.53 bits per heavy atom. The summed E-state index contributed by atoms with van der Waals surface area (Å²) in [6.07, 6.45) is 0.205. The molecule has 0 saturated heterocycles. The highest BCUT2D eigenvalue weighted by atomic mass is 16.3. The molecule has 104 valence electrons. The zero-order valence-corrected chi connectivity index (χ0v) is 10.7. The Morgan fingerprint density at radius 2 is 2.32 bits per heavy atom. The number of aliphatic hydroxyl groups excluding tert-OH is 2. The number of carbonyl (C=O) groups is 1. The Morgan fingerprint density at radius 3 is 3.00 bits per heavy atom. The summed E-state index contributed by atoms with van der Waals surface area (Å²) in [7, 11) is 0. The number of amides is 1. The SMILES string of the molecule is NC[C@H](O)CNc1ccc2c(c1)CCN2C(=O)CO. The molecule has 19 heavy (non-hydrogen) atoms. The normalized spacial score (nSPS) is 15.2. The number of fused-ring (bicyclic) bond motifs is 1. The van der Waals surface area contributed by atoms with Gasteiger partial charge in [-0.05, 0) is 30.2 Å². The first-order valence-corrected chi connectivity index (χ1v) is 6.32. The number of nitrogens with two attached hydrogens (primary N) is 1. The molecule has 0 saturated carbocycles. The highest BCUT2D eigenvalue weighted by Gasteiger charge is 2.23. The molecule has 0 fully saturated rings. The summed E-state index contributed by atoms with van der Waals surface area (Å²) in [4.78, 5) is 13.1. The van der Waals surface area contributed by atoms with Crippen LogP contribution in [0.25, 0.3) is 0 Å². The van der Waals surface area contributed by atoms with Crippen LogP contribution < -0.4 is 16.0 Å². The number of hydrogen-bond donors (Lipinski definition) is 4. The van der Waals surface area contributed by atoms with Crippen molar-refractivity contribution < 1.29 is 15.0 Å². The third kappa shape index (κ3) is 3.04. The van der Waals surface area contributed by atoms with Gasteiger partial charge in [0.2, 0.25) is 0 Å². The summed E-state index contributed by atoms with van der Waals surface area (Å²) < 4.78 is 0. The molecular formula is C13H19N3O3. The number of aliphatic hydroxyl groups is 2. The number of rotatable bonds is 5. The van der Waals surface area contributed by atoms with Crippen molar-refractivity contribution in [3.05, 3.63) is 23.8 Å². The van der Waals surface area contributed by atoms with Crippen LogP contribution in [0.4, 0.5) is 11.4 Å². The predicted molar refractivity (Wildman–Crippen MR) is 73.1 cm³/mol. The first-order chi connectivity index (χ1) is 9.15. The van der Waals surface area contributed by atoms with Gasteiger partial charge in [0, 0.05) is 31.0 Å². The van der Waals surface area contributed by atoms with Crippen LogP contribution in [0.2, 0.25) is 0 Å². The lowest BCUT2D eigenvalue weighted by Crippen LogP contribution is -2.31. The van der Waals surface area contributed by atoms with Gasteiger partial charge in [0.05, 0.1) is 6.10 Å². The van der Waals surface area contributed by atoms with Crippen LogP contribution in [0.3, 0.4) is 0 Å². The average molecular weight is 265 g/mol. The van der Waals surface area contributed by atoms with E-state index in [1.165, 1.54) is 0 Å². The van der Waals surface area contributed by atoms with Gasteiger partial charge in [-0.3, -0.25) is 4.79 Å². The van der Waals surface area contributed by atoms with Gasteiger partial charge in [0.15, 0.2) is 0 Å². The molecule has 0 radical (unpaired) electrons. The lowest BCUT2D eigenvalue weighted by Gasteiger charge is -2.16. The van der Waals surface area contributed by atoms with Crippen molar-refractivity contribution in [3.8, 4) is 0 Å². The Hall–Kier alpha value is -1.63. The van der Waals surface area contributed by atoms with Crippen LogP contribution >= 0.6 is 0 Å². The second-order valence-corrected chi connectivity index (χ2v) is 4.57. The fourth-order valence-corrected chi connectivity index (χ4v) is 2.18. The first-order valence-electron chi connectivity index (χ1n) is 6.32. The molecule has 1 amide bonds. The van der Waals surface area contributed by atoms with Crippen LogP contribution in [-0.2, 0) is 11.2 Å². The highest BCUT2D eigenvalue weighted by Crippen LogP contribution is 2.30. The molecule has 6 nitrogen and oxygen atoms in total. The molecule has 2 rings (SSSR count). The fourth-order valence-electron chi connectivity index (χ4n) is 2.18. The minimum Gasteiger partial charge on any atom is -0.390 e. The third-order valence-corrected chi connectivity index (χ3v) is 3.23. The zero-order valence-electron chi connectivity index (χ0n) is 10.7. The van der Waals surface area contributed by atoms with Gasteiger partial charge in [0.1, 0.15) is 6.61 Å². The Bertz CT molecular complexity index is 464. The highest BCUT2D eigenvalue weighted by molar-refractivity contribution is 5.96. The molecule has 1 heterocycles. The molecule has 0 bridgehead atoms. The van der Waals surface area contributed by atoms with Crippen LogP contribution in [0.15, 0.2) is 18.2 Å². The molecule has 6 heteroatoms. The predicted octanol–water partition coefficient (Wildman–Crippen LogP) is -0.701. The molecular weight excluding hydrogens is 246 g/mol. The molecule has 1 aliphatic rings. The van der Waals surface area contributed by atoms with Crippen LogP contribution in [0.1, 0.15) is 5.56 Å². The minimum atomic E-state index is -0.569.